The van der Waals surface area contributed by atoms with Gasteiger partial charge in [-0.05, 0) is 44.9 Å². The monoisotopic (exact) mass is 251 g/mol. The van der Waals surface area contributed by atoms with Gasteiger partial charge in [0, 0.05) is 12.1 Å². The number of aryl methyl sites for hydroxylation is 1. The van der Waals surface area contributed by atoms with E-state index < -0.39 is 6.10 Å². The maximum Gasteiger partial charge on any atom is 0.260 e. The number of ether oxygens (including phenoxy) is 1. The fourth-order valence-electron chi connectivity index (χ4n) is 1.52. The number of nitrogens with one attached hydrogen (secondary N) is 1. The molecule has 4 nitrogen and oxygen atoms in total. The Hall–Kier alpha value is -1.71. The standard InChI is InChI=1S/C14H21NO3/c1-5-10(3)15-14(17)11(4)18-13-7-9(2)6-12(16)8-13/h6-8,10-11,16H,5H2,1-4H3,(H,15,17). The van der Waals surface area contributed by atoms with Crippen molar-refractivity contribution < 1.29 is 14.6 Å². The lowest BCUT2D eigenvalue weighted by Crippen LogP contribution is -2.40. The third-order valence-electron chi connectivity index (χ3n) is 2.72. The normalized spacial score (nSPS) is 13.8. The highest BCUT2D eigenvalue weighted by Gasteiger charge is 2.16. The van der Waals surface area contributed by atoms with Gasteiger partial charge < -0.3 is 15.2 Å². The van der Waals surface area contributed by atoms with Crippen molar-refractivity contribution in [2.24, 2.45) is 0 Å². The third kappa shape index (κ3) is 4.28. The molecule has 0 aromatic heterocycles. The van der Waals surface area contributed by atoms with E-state index in [1.807, 2.05) is 20.8 Å². The highest BCUT2D eigenvalue weighted by Crippen LogP contribution is 2.22. The molecule has 0 aliphatic carbocycles. The van der Waals surface area contributed by atoms with Crippen LogP contribution in [0.4, 0.5) is 0 Å². The zero-order valence-corrected chi connectivity index (χ0v) is 11.4. The first-order valence-corrected chi connectivity index (χ1v) is 6.20. The van der Waals surface area contributed by atoms with Gasteiger partial charge in [-0.15, -0.1) is 0 Å². The molecule has 0 bridgehead atoms. The Balaban J connectivity index is 2.63. The average molecular weight is 251 g/mol. The molecule has 18 heavy (non-hydrogen) atoms. The molecule has 0 saturated heterocycles. The minimum absolute atomic E-state index is 0.134. The second kappa shape index (κ2) is 6.28. The lowest BCUT2D eigenvalue weighted by molar-refractivity contribution is -0.127. The number of rotatable bonds is 5. The van der Waals surface area contributed by atoms with E-state index in [0.29, 0.717) is 5.75 Å². The molecule has 1 amide bonds. The first-order chi connectivity index (χ1) is 8.42. The number of phenolic OH excluding ortho intramolecular Hbond substituents is 1. The number of benzene rings is 1. The van der Waals surface area contributed by atoms with E-state index in [-0.39, 0.29) is 17.7 Å². The van der Waals surface area contributed by atoms with Crippen LogP contribution in [0.15, 0.2) is 18.2 Å². The summed E-state index contributed by atoms with van der Waals surface area (Å²) in [6.45, 7) is 7.51. The third-order valence-corrected chi connectivity index (χ3v) is 2.72. The summed E-state index contributed by atoms with van der Waals surface area (Å²) in [7, 11) is 0. The molecule has 0 radical (unpaired) electrons. The molecular formula is C14H21NO3. The maximum atomic E-state index is 11.8. The van der Waals surface area contributed by atoms with Crippen LogP contribution in [0.1, 0.15) is 32.8 Å². The van der Waals surface area contributed by atoms with E-state index in [1.54, 1.807) is 19.1 Å². The predicted molar refractivity (Wildman–Crippen MR) is 70.8 cm³/mol. The van der Waals surface area contributed by atoms with E-state index in [9.17, 15) is 9.90 Å². The number of aromatic hydroxyl groups is 1. The van der Waals surface area contributed by atoms with E-state index in [2.05, 4.69) is 5.32 Å². The topological polar surface area (TPSA) is 58.6 Å². The van der Waals surface area contributed by atoms with Crippen LogP contribution in [0.25, 0.3) is 0 Å². The molecule has 4 heteroatoms. The Kier molecular flexibility index (Phi) is 5.01. The summed E-state index contributed by atoms with van der Waals surface area (Å²) in [4.78, 5) is 11.8. The van der Waals surface area contributed by atoms with E-state index in [0.717, 1.165) is 12.0 Å². The minimum Gasteiger partial charge on any atom is -0.508 e. The lowest BCUT2D eigenvalue weighted by Gasteiger charge is -2.18. The van der Waals surface area contributed by atoms with Crippen LogP contribution in [0.3, 0.4) is 0 Å². The van der Waals surface area contributed by atoms with Gasteiger partial charge in [0.2, 0.25) is 0 Å². The van der Waals surface area contributed by atoms with Gasteiger partial charge in [-0.2, -0.15) is 0 Å². The molecule has 1 aromatic rings. The molecule has 2 N–H and O–H groups in total. The van der Waals surface area contributed by atoms with Crippen molar-refractivity contribution in [2.45, 2.75) is 46.3 Å². The Bertz CT molecular complexity index is 397. The number of hydrogen-bond donors (Lipinski definition) is 2. The van der Waals surface area contributed by atoms with Crippen molar-refractivity contribution in [2.75, 3.05) is 0 Å². The van der Waals surface area contributed by atoms with Crippen molar-refractivity contribution in [3.63, 3.8) is 0 Å². The molecule has 0 aliphatic heterocycles. The van der Waals surface area contributed by atoms with Crippen molar-refractivity contribution in [3.8, 4) is 11.5 Å². The zero-order chi connectivity index (χ0) is 13.7. The van der Waals surface area contributed by atoms with Crippen LogP contribution in [0.5, 0.6) is 11.5 Å². The molecule has 100 valence electrons. The average Bonchev–Trinajstić information content (AvgIpc) is 2.27. The van der Waals surface area contributed by atoms with Gasteiger partial charge in [-0.1, -0.05) is 6.92 Å². The fourth-order valence-corrected chi connectivity index (χ4v) is 1.52. The van der Waals surface area contributed by atoms with E-state index in [1.165, 1.54) is 6.07 Å². The molecule has 1 rings (SSSR count). The van der Waals surface area contributed by atoms with Crippen molar-refractivity contribution in [3.05, 3.63) is 23.8 Å². The highest BCUT2D eigenvalue weighted by molar-refractivity contribution is 5.80. The Morgan fingerprint density at radius 2 is 2.06 bits per heavy atom. The van der Waals surface area contributed by atoms with Gasteiger partial charge in [0.1, 0.15) is 11.5 Å². The summed E-state index contributed by atoms with van der Waals surface area (Å²) in [5.74, 6) is 0.490. The molecule has 0 heterocycles. The number of carbonyl (C=O) groups is 1. The first kappa shape index (κ1) is 14.4. The molecule has 2 unspecified atom stereocenters. The summed E-state index contributed by atoms with van der Waals surface area (Å²) < 4.78 is 5.51. The fraction of sp³-hybridized carbons (Fsp3) is 0.500. The van der Waals surface area contributed by atoms with Gasteiger partial charge in [-0.3, -0.25) is 4.79 Å². The second-order valence-corrected chi connectivity index (χ2v) is 4.58. The summed E-state index contributed by atoms with van der Waals surface area (Å²) in [6, 6.07) is 5.05. The predicted octanol–water partition coefficient (Wildman–Crippen LogP) is 2.38. The summed E-state index contributed by atoms with van der Waals surface area (Å²) in [5.41, 5.74) is 0.888. The smallest absolute Gasteiger partial charge is 0.260 e. The second-order valence-electron chi connectivity index (χ2n) is 4.58. The summed E-state index contributed by atoms with van der Waals surface area (Å²) in [6.07, 6.45) is 0.296. The number of hydrogen-bond acceptors (Lipinski definition) is 3. The van der Waals surface area contributed by atoms with Crippen LogP contribution in [0, 0.1) is 6.92 Å². The quantitative estimate of drug-likeness (QED) is 0.844. The van der Waals surface area contributed by atoms with Gasteiger partial charge >= 0.3 is 0 Å². The molecule has 1 aromatic carbocycles. The van der Waals surface area contributed by atoms with Crippen LogP contribution in [0.2, 0.25) is 0 Å². The van der Waals surface area contributed by atoms with Crippen LogP contribution in [-0.4, -0.2) is 23.2 Å². The van der Waals surface area contributed by atoms with Crippen LogP contribution >= 0.6 is 0 Å². The maximum absolute atomic E-state index is 11.8. The molecular weight excluding hydrogens is 230 g/mol. The number of phenols is 1. The molecule has 0 saturated carbocycles. The Morgan fingerprint density at radius 3 is 2.61 bits per heavy atom. The molecule has 0 fully saturated rings. The van der Waals surface area contributed by atoms with E-state index in [4.69, 9.17) is 4.74 Å². The summed E-state index contributed by atoms with van der Waals surface area (Å²) in [5, 5.41) is 12.3. The number of carbonyl (C=O) groups excluding carboxylic acids is 1. The Labute approximate surface area is 108 Å². The SMILES string of the molecule is CCC(C)NC(=O)C(C)Oc1cc(C)cc(O)c1. The van der Waals surface area contributed by atoms with Gasteiger partial charge in [0.05, 0.1) is 0 Å². The largest absolute Gasteiger partial charge is 0.508 e. The molecule has 0 aliphatic rings. The van der Waals surface area contributed by atoms with Crippen molar-refractivity contribution in [1.82, 2.24) is 5.32 Å². The lowest BCUT2D eigenvalue weighted by atomic mass is 10.2. The van der Waals surface area contributed by atoms with Crippen molar-refractivity contribution in [1.29, 1.82) is 0 Å². The van der Waals surface area contributed by atoms with E-state index >= 15 is 0 Å². The van der Waals surface area contributed by atoms with Crippen LogP contribution in [-0.2, 0) is 4.79 Å². The first-order valence-electron chi connectivity index (χ1n) is 6.20. The zero-order valence-electron chi connectivity index (χ0n) is 11.4. The molecule has 0 spiro atoms. The Morgan fingerprint density at radius 1 is 1.39 bits per heavy atom. The highest BCUT2D eigenvalue weighted by atomic mass is 16.5. The van der Waals surface area contributed by atoms with Gasteiger partial charge in [0.15, 0.2) is 6.10 Å². The number of amides is 1. The summed E-state index contributed by atoms with van der Waals surface area (Å²) >= 11 is 0. The molecule has 2 atom stereocenters. The van der Waals surface area contributed by atoms with Gasteiger partial charge in [0.25, 0.3) is 5.91 Å². The van der Waals surface area contributed by atoms with Gasteiger partial charge in [-0.25, -0.2) is 0 Å². The van der Waals surface area contributed by atoms with Crippen LogP contribution < -0.4 is 10.1 Å². The van der Waals surface area contributed by atoms with Crippen molar-refractivity contribution >= 4 is 5.91 Å². The minimum atomic E-state index is -0.583.